The predicted molar refractivity (Wildman–Crippen MR) is 108 cm³/mol. The number of primary amides is 1. The molecule has 4 unspecified atom stereocenters. The van der Waals surface area contributed by atoms with Crippen molar-refractivity contribution < 1.29 is 42.6 Å². The highest BCUT2D eigenvalue weighted by atomic mass is 19.2. The summed E-state index contributed by atoms with van der Waals surface area (Å²) in [6.07, 6.45) is 3.19. The fourth-order valence-electron chi connectivity index (χ4n) is 4.34. The standard InChI is InChI=1S/C17H20F3N3O2.C4H4O4/c18-10-6-12(20)11(19)3-7(10)4-13(21)9-5-8-1-2-14(23-8)15(9)16(24)17(22)25;5-3(6)1-2-4(7)8/h3,6,8-9,13-15,23H,1-2,4-5,21H2,(H2,22,25);1-2H,(H,5,6)(H,7,8)/b;2-1-/t8?,9?,13-,14?,15?;/m1./s1. The van der Waals surface area contributed by atoms with E-state index in [1.807, 2.05) is 0 Å². The van der Waals surface area contributed by atoms with Crippen LogP contribution >= 0.6 is 0 Å². The highest BCUT2D eigenvalue weighted by Crippen LogP contribution is 2.38. The Morgan fingerprint density at radius 1 is 1.03 bits per heavy atom. The third-order valence-electron chi connectivity index (χ3n) is 5.74. The minimum absolute atomic E-state index is 0.0532. The van der Waals surface area contributed by atoms with Crippen molar-refractivity contribution >= 4 is 23.6 Å². The molecule has 2 bridgehead atoms. The molecule has 5 atom stereocenters. The summed E-state index contributed by atoms with van der Waals surface area (Å²) in [6.45, 7) is 0. The van der Waals surface area contributed by atoms with Gasteiger partial charge in [0.1, 0.15) is 5.82 Å². The van der Waals surface area contributed by atoms with Crippen LogP contribution in [0.5, 0.6) is 0 Å². The first-order chi connectivity index (χ1) is 15.4. The number of rotatable bonds is 7. The fraction of sp³-hybridized carbons (Fsp3) is 0.429. The summed E-state index contributed by atoms with van der Waals surface area (Å²) < 4.78 is 40.3. The van der Waals surface area contributed by atoms with Crippen molar-refractivity contribution in [3.8, 4) is 0 Å². The van der Waals surface area contributed by atoms with E-state index in [4.69, 9.17) is 21.7 Å². The molecule has 0 saturated carbocycles. The average Bonchev–Trinajstić information content (AvgIpc) is 3.11. The second kappa shape index (κ2) is 11.1. The van der Waals surface area contributed by atoms with E-state index in [-0.39, 0.29) is 30.0 Å². The zero-order valence-electron chi connectivity index (χ0n) is 17.3. The van der Waals surface area contributed by atoms with Gasteiger partial charge in [0.25, 0.3) is 5.91 Å². The monoisotopic (exact) mass is 471 g/mol. The molecule has 0 radical (unpaired) electrons. The van der Waals surface area contributed by atoms with Gasteiger partial charge >= 0.3 is 11.9 Å². The number of carboxylic acids is 2. The maximum Gasteiger partial charge on any atom is 0.328 e. The first kappa shape index (κ1) is 26.0. The number of ketones is 1. The van der Waals surface area contributed by atoms with E-state index in [1.54, 1.807) is 0 Å². The number of hydrogen-bond donors (Lipinski definition) is 5. The molecule has 2 saturated heterocycles. The highest BCUT2D eigenvalue weighted by molar-refractivity contribution is 6.36. The maximum absolute atomic E-state index is 13.9. The van der Waals surface area contributed by atoms with Crippen LogP contribution in [0.4, 0.5) is 13.2 Å². The van der Waals surface area contributed by atoms with Crippen molar-refractivity contribution in [3.05, 3.63) is 47.3 Å². The number of carboxylic acid groups (broad SMARTS) is 2. The van der Waals surface area contributed by atoms with Gasteiger partial charge in [0.05, 0.1) is 0 Å². The van der Waals surface area contributed by atoms with Crippen LogP contribution < -0.4 is 16.8 Å². The summed E-state index contributed by atoms with van der Waals surface area (Å²) in [7, 11) is 0. The third-order valence-corrected chi connectivity index (χ3v) is 5.74. The lowest BCUT2D eigenvalue weighted by atomic mass is 9.73. The molecule has 7 N–H and O–H groups in total. The van der Waals surface area contributed by atoms with Crippen molar-refractivity contribution in [2.75, 3.05) is 0 Å². The molecule has 3 rings (SSSR count). The zero-order valence-corrected chi connectivity index (χ0v) is 17.3. The van der Waals surface area contributed by atoms with Crippen molar-refractivity contribution in [2.24, 2.45) is 23.3 Å². The number of benzene rings is 1. The zero-order chi connectivity index (χ0) is 24.9. The molecule has 2 aliphatic heterocycles. The van der Waals surface area contributed by atoms with Gasteiger partial charge in [-0.3, -0.25) is 9.59 Å². The second-order valence-corrected chi connectivity index (χ2v) is 7.94. The van der Waals surface area contributed by atoms with Crippen LogP contribution in [0.25, 0.3) is 0 Å². The number of nitrogens with two attached hydrogens (primary N) is 2. The largest absolute Gasteiger partial charge is 0.478 e. The molecule has 0 aliphatic carbocycles. The van der Waals surface area contributed by atoms with E-state index in [0.29, 0.717) is 24.6 Å². The Kier molecular flexibility index (Phi) is 8.71. The molecular weight excluding hydrogens is 447 g/mol. The van der Waals surface area contributed by atoms with Gasteiger partial charge in [-0.15, -0.1) is 0 Å². The van der Waals surface area contributed by atoms with Gasteiger partial charge in [-0.25, -0.2) is 22.8 Å². The van der Waals surface area contributed by atoms with E-state index in [9.17, 15) is 32.3 Å². The van der Waals surface area contributed by atoms with Crippen LogP contribution in [0.15, 0.2) is 24.3 Å². The van der Waals surface area contributed by atoms with Gasteiger partial charge in [-0.2, -0.15) is 0 Å². The van der Waals surface area contributed by atoms with Crippen LogP contribution in [-0.2, 0) is 25.6 Å². The van der Waals surface area contributed by atoms with Crippen LogP contribution in [0.3, 0.4) is 0 Å². The Hall–Kier alpha value is -3.25. The predicted octanol–water partition coefficient (Wildman–Crippen LogP) is 0.497. The number of carbonyl (C=O) groups is 4. The van der Waals surface area contributed by atoms with Crippen LogP contribution in [0, 0.1) is 29.3 Å². The lowest BCUT2D eigenvalue weighted by Crippen LogP contribution is -2.56. The molecular formula is C21H24F3N3O6. The van der Waals surface area contributed by atoms with Gasteiger partial charge in [-0.1, -0.05) is 0 Å². The molecule has 33 heavy (non-hydrogen) atoms. The number of amides is 1. The Balaban J connectivity index is 0.000000414. The summed E-state index contributed by atoms with van der Waals surface area (Å²) in [4.78, 5) is 42.8. The van der Waals surface area contributed by atoms with E-state index in [1.165, 1.54) is 0 Å². The van der Waals surface area contributed by atoms with Gasteiger partial charge in [0, 0.05) is 42.3 Å². The smallest absolute Gasteiger partial charge is 0.328 e. The molecule has 2 aliphatic rings. The lowest BCUT2D eigenvalue weighted by Gasteiger charge is -2.39. The van der Waals surface area contributed by atoms with Gasteiger partial charge in [-0.05, 0) is 43.2 Å². The van der Waals surface area contributed by atoms with Crippen molar-refractivity contribution in [1.29, 1.82) is 0 Å². The van der Waals surface area contributed by atoms with E-state index < -0.39 is 53.0 Å². The average molecular weight is 471 g/mol. The van der Waals surface area contributed by atoms with E-state index >= 15 is 0 Å². The van der Waals surface area contributed by atoms with E-state index in [0.717, 1.165) is 18.9 Å². The van der Waals surface area contributed by atoms with Gasteiger partial charge in [0.2, 0.25) is 5.78 Å². The van der Waals surface area contributed by atoms with Crippen molar-refractivity contribution in [3.63, 3.8) is 0 Å². The number of halogens is 3. The number of piperidine rings is 1. The number of nitrogens with one attached hydrogen (secondary N) is 1. The SMILES string of the molecule is NC(=O)C(=O)C1C2CCC(CC1[C@H](N)Cc1cc(F)c(F)cc1F)N2.O=C(O)/C=C\C(=O)O. The number of aliphatic carboxylic acids is 2. The van der Waals surface area contributed by atoms with Gasteiger partial charge < -0.3 is 27.0 Å². The number of carbonyl (C=O) groups excluding carboxylic acids is 2. The molecule has 0 aromatic heterocycles. The summed E-state index contributed by atoms with van der Waals surface area (Å²) in [5.41, 5.74) is 11.3. The fourth-order valence-corrected chi connectivity index (χ4v) is 4.34. The third kappa shape index (κ3) is 6.86. The first-order valence-electron chi connectivity index (χ1n) is 10.0. The first-order valence-corrected chi connectivity index (χ1v) is 10.0. The topological polar surface area (TPSA) is 173 Å². The van der Waals surface area contributed by atoms with E-state index in [2.05, 4.69) is 5.32 Å². The minimum Gasteiger partial charge on any atom is -0.478 e. The Bertz CT molecular complexity index is 955. The Morgan fingerprint density at radius 2 is 1.61 bits per heavy atom. The number of Topliss-reactive ketones (excluding diaryl/α,β-unsaturated/α-hetero) is 1. The Labute approximate surface area is 186 Å². The summed E-state index contributed by atoms with van der Waals surface area (Å²) in [6, 6.07) is 0.566. The number of hydrogen-bond acceptors (Lipinski definition) is 6. The van der Waals surface area contributed by atoms with Crippen LogP contribution in [-0.4, -0.2) is 52.0 Å². The van der Waals surface area contributed by atoms with Crippen LogP contribution in [0.2, 0.25) is 0 Å². The molecule has 1 amide bonds. The molecule has 2 heterocycles. The molecule has 0 spiro atoms. The highest BCUT2D eigenvalue weighted by Gasteiger charge is 2.48. The maximum atomic E-state index is 13.9. The second-order valence-electron chi connectivity index (χ2n) is 7.94. The molecule has 9 nitrogen and oxygen atoms in total. The lowest BCUT2D eigenvalue weighted by molar-refractivity contribution is -0.141. The molecule has 2 fully saturated rings. The number of fused-ring (bicyclic) bond motifs is 2. The minimum atomic E-state index is -1.27. The summed E-state index contributed by atoms with van der Waals surface area (Å²) in [5, 5.41) is 18.9. The van der Waals surface area contributed by atoms with Gasteiger partial charge in [0.15, 0.2) is 11.6 Å². The summed E-state index contributed by atoms with van der Waals surface area (Å²) >= 11 is 0. The summed E-state index contributed by atoms with van der Waals surface area (Å²) in [5.74, 6) is -8.60. The Morgan fingerprint density at radius 3 is 2.15 bits per heavy atom. The van der Waals surface area contributed by atoms with Crippen molar-refractivity contribution in [1.82, 2.24) is 5.32 Å². The molecule has 1 aromatic rings. The molecule has 1 aromatic carbocycles. The van der Waals surface area contributed by atoms with Crippen molar-refractivity contribution in [2.45, 2.75) is 43.8 Å². The molecule has 12 heteroatoms. The quantitative estimate of drug-likeness (QED) is 0.217. The molecule has 180 valence electrons. The van der Waals surface area contributed by atoms with Crippen LogP contribution in [0.1, 0.15) is 24.8 Å². The normalized spacial score (nSPS) is 24.6.